The lowest BCUT2D eigenvalue weighted by molar-refractivity contribution is -0.709. The van der Waals surface area contributed by atoms with E-state index in [0.717, 1.165) is 10.4 Å². The van der Waals surface area contributed by atoms with Crippen molar-refractivity contribution in [2.45, 2.75) is 6.92 Å². The minimum absolute atomic E-state index is 0.782. The Bertz CT molecular complexity index is 228. The van der Waals surface area contributed by atoms with Crippen molar-refractivity contribution in [2.24, 2.45) is 0 Å². The molecule has 0 fully saturated rings. The van der Waals surface area contributed by atoms with Crippen LogP contribution in [0.15, 0.2) is 30.3 Å². The summed E-state index contributed by atoms with van der Waals surface area (Å²) in [6.45, 7) is 1.77. The standard InChI is InChI=1S/C8H10NO/c1-2-9(10)8-6-4-3-5-7-8/h2-7,10H,1H3/q+1/b9-2-. The van der Waals surface area contributed by atoms with E-state index in [2.05, 4.69) is 0 Å². The molecule has 10 heavy (non-hydrogen) atoms. The molecule has 1 aromatic rings. The van der Waals surface area contributed by atoms with E-state index in [1.54, 1.807) is 13.1 Å². The summed E-state index contributed by atoms with van der Waals surface area (Å²) in [6, 6.07) is 9.33. The first-order chi connectivity index (χ1) is 4.84. The average molecular weight is 136 g/mol. The summed E-state index contributed by atoms with van der Waals surface area (Å²) in [5.74, 6) is 0. The van der Waals surface area contributed by atoms with Gasteiger partial charge in [0.25, 0.3) is 5.69 Å². The van der Waals surface area contributed by atoms with Gasteiger partial charge in [0.15, 0.2) is 6.21 Å². The van der Waals surface area contributed by atoms with E-state index in [1.165, 1.54) is 0 Å². The highest BCUT2D eigenvalue weighted by atomic mass is 16.5. The Labute approximate surface area is 60.0 Å². The topological polar surface area (TPSA) is 23.2 Å². The van der Waals surface area contributed by atoms with Gasteiger partial charge >= 0.3 is 0 Å². The van der Waals surface area contributed by atoms with Crippen molar-refractivity contribution >= 4 is 11.9 Å². The molecule has 0 spiro atoms. The van der Waals surface area contributed by atoms with Crippen molar-refractivity contribution in [3.63, 3.8) is 0 Å². The first-order valence-electron chi connectivity index (χ1n) is 3.17. The summed E-state index contributed by atoms with van der Waals surface area (Å²) in [4.78, 5) is 0. The third-order valence-corrected chi connectivity index (χ3v) is 1.27. The van der Waals surface area contributed by atoms with Crippen LogP contribution in [-0.2, 0) is 0 Å². The van der Waals surface area contributed by atoms with Crippen LogP contribution in [0.4, 0.5) is 5.69 Å². The van der Waals surface area contributed by atoms with Crippen LogP contribution in [0.1, 0.15) is 6.92 Å². The quantitative estimate of drug-likeness (QED) is 0.270. The van der Waals surface area contributed by atoms with Crippen molar-refractivity contribution in [1.29, 1.82) is 0 Å². The molecule has 1 rings (SSSR count). The Morgan fingerprint density at radius 2 is 1.90 bits per heavy atom. The molecule has 0 aromatic heterocycles. The normalized spacial score (nSPS) is 11.5. The fourth-order valence-corrected chi connectivity index (χ4v) is 0.730. The molecule has 1 aromatic carbocycles. The highest BCUT2D eigenvalue weighted by Gasteiger charge is 2.00. The van der Waals surface area contributed by atoms with Crippen LogP contribution in [0.5, 0.6) is 0 Å². The van der Waals surface area contributed by atoms with Gasteiger partial charge in [-0.1, -0.05) is 18.2 Å². The van der Waals surface area contributed by atoms with Crippen LogP contribution < -0.4 is 0 Å². The Hall–Kier alpha value is -1.31. The fourth-order valence-electron chi connectivity index (χ4n) is 0.730. The van der Waals surface area contributed by atoms with Crippen LogP contribution >= 0.6 is 0 Å². The Morgan fingerprint density at radius 3 is 2.40 bits per heavy atom. The van der Waals surface area contributed by atoms with Crippen molar-refractivity contribution in [3.8, 4) is 0 Å². The predicted molar refractivity (Wildman–Crippen MR) is 39.9 cm³/mol. The highest BCUT2D eigenvalue weighted by Crippen LogP contribution is 2.06. The maximum Gasteiger partial charge on any atom is 0.256 e. The molecule has 0 saturated carbocycles. The zero-order valence-electron chi connectivity index (χ0n) is 5.86. The highest BCUT2D eigenvalue weighted by molar-refractivity contribution is 5.49. The lowest BCUT2D eigenvalue weighted by Gasteiger charge is -1.87. The molecule has 2 nitrogen and oxygen atoms in total. The van der Waals surface area contributed by atoms with Crippen LogP contribution in [0.3, 0.4) is 0 Å². The van der Waals surface area contributed by atoms with E-state index in [4.69, 9.17) is 5.21 Å². The number of benzene rings is 1. The van der Waals surface area contributed by atoms with Gasteiger partial charge in [-0.15, -0.1) is 0 Å². The van der Waals surface area contributed by atoms with Gasteiger partial charge in [-0.2, -0.15) is 0 Å². The number of para-hydroxylation sites is 1. The molecule has 0 radical (unpaired) electrons. The number of nitrogens with zero attached hydrogens (tertiary/aromatic N) is 1. The molecule has 0 unspecified atom stereocenters. The average Bonchev–Trinajstić information content (AvgIpc) is 2.05. The first kappa shape index (κ1) is 6.81. The number of hydrogen-bond acceptors (Lipinski definition) is 1. The van der Waals surface area contributed by atoms with E-state index in [1.807, 2.05) is 30.3 Å². The second-order valence-corrected chi connectivity index (χ2v) is 1.94. The number of hydrogen-bond donors (Lipinski definition) is 1. The summed E-state index contributed by atoms with van der Waals surface area (Å²) in [6.07, 6.45) is 1.59. The fraction of sp³-hybridized carbons (Fsp3) is 0.125. The summed E-state index contributed by atoms with van der Waals surface area (Å²) < 4.78 is 1.08. The second kappa shape index (κ2) is 3.01. The molecular formula is C8H10NO+. The SMILES string of the molecule is C/C=[N+](\O)c1ccccc1. The van der Waals surface area contributed by atoms with Crippen LogP contribution in [0, 0.1) is 0 Å². The Morgan fingerprint density at radius 1 is 1.30 bits per heavy atom. The van der Waals surface area contributed by atoms with Crippen LogP contribution in [-0.4, -0.2) is 16.2 Å². The van der Waals surface area contributed by atoms with Gasteiger partial charge in [-0.3, -0.25) is 5.21 Å². The lowest BCUT2D eigenvalue weighted by Crippen LogP contribution is -1.96. The van der Waals surface area contributed by atoms with Gasteiger partial charge < -0.3 is 0 Å². The monoisotopic (exact) mass is 136 g/mol. The first-order valence-corrected chi connectivity index (χ1v) is 3.17. The van der Waals surface area contributed by atoms with Crippen molar-refractivity contribution < 1.29 is 9.95 Å². The molecule has 0 aliphatic carbocycles. The summed E-state index contributed by atoms with van der Waals surface area (Å²) in [5.41, 5.74) is 0.782. The Balaban J connectivity index is 2.96. The van der Waals surface area contributed by atoms with Crippen LogP contribution in [0.25, 0.3) is 0 Å². The van der Waals surface area contributed by atoms with Gasteiger partial charge in [0, 0.05) is 23.8 Å². The molecule has 0 heterocycles. The molecule has 0 aliphatic rings. The second-order valence-electron chi connectivity index (χ2n) is 1.94. The predicted octanol–water partition coefficient (Wildman–Crippen LogP) is 1.81. The minimum atomic E-state index is 0.782. The van der Waals surface area contributed by atoms with E-state index < -0.39 is 0 Å². The third-order valence-electron chi connectivity index (χ3n) is 1.27. The van der Waals surface area contributed by atoms with Gasteiger partial charge in [-0.05, 0) is 0 Å². The smallest absolute Gasteiger partial charge is 0.256 e. The van der Waals surface area contributed by atoms with Gasteiger partial charge in [0.1, 0.15) is 0 Å². The van der Waals surface area contributed by atoms with Crippen molar-refractivity contribution in [1.82, 2.24) is 0 Å². The third kappa shape index (κ3) is 1.35. The summed E-state index contributed by atoms with van der Waals surface area (Å²) >= 11 is 0. The molecule has 0 saturated heterocycles. The molecule has 0 amide bonds. The lowest BCUT2D eigenvalue weighted by atomic mass is 10.3. The molecular weight excluding hydrogens is 126 g/mol. The molecule has 0 bridgehead atoms. The Kier molecular flexibility index (Phi) is 2.05. The minimum Gasteiger partial charge on any atom is -0.285 e. The summed E-state index contributed by atoms with van der Waals surface area (Å²) in [7, 11) is 0. The van der Waals surface area contributed by atoms with Gasteiger partial charge in [0.05, 0.1) is 0 Å². The van der Waals surface area contributed by atoms with Crippen molar-refractivity contribution in [3.05, 3.63) is 30.3 Å². The van der Waals surface area contributed by atoms with E-state index in [0.29, 0.717) is 0 Å². The number of rotatable bonds is 1. The van der Waals surface area contributed by atoms with Crippen LogP contribution in [0.2, 0.25) is 0 Å². The summed E-state index contributed by atoms with van der Waals surface area (Å²) in [5, 5.41) is 9.11. The molecule has 52 valence electrons. The zero-order valence-corrected chi connectivity index (χ0v) is 5.86. The van der Waals surface area contributed by atoms with Crippen molar-refractivity contribution in [2.75, 3.05) is 0 Å². The maximum absolute atomic E-state index is 9.11. The van der Waals surface area contributed by atoms with E-state index in [-0.39, 0.29) is 0 Å². The molecule has 1 N–H and O–H groups in total. The molecule has 0 aliphatic heterocycles. The van der Waals surface area contributed by atoms with E-state index in [9.17, 15) is 0 Å². The zero-order chi connectivity index (χ0) is 7.40. The largest absolute Gasteiger partial charge is 0.285 e. The molecule has 2 heteroatoms. The van der Waals surface area contributed by atoms with E-state index >= 15 is 0 Å². The van der Waals surface area contributed by atoms with Gasteiger partial charge in [-0.25, -0.2) is 0 Å². The van der Waals surface area contributed by atoms with Gasteiger partial charge in [0.2, 0.25) is 0 Å². The molecule has 0 atom stereocenters. The maximum atomic E-state index is 9.11.